The topological polar surface area (TPSA) is 65.4 Å². The molecule has 0 atom stereocenters. The Hall–Kier alpha value is -3.54. The smallest absolute Gasteiger partial charge is 0.337 e. The van der Waals surface area contributed by atoms with Gasteiger partial charge in [0.25, 0.3) is 0 Å². The molecule has 6 nitrogen and oxygen atoms in total. The van der Waals surface area contributed by atoms with E-state index in [0.717, 1.165) is 48.1 Å². The fourth-order valence-corrected chi connectivity index (χ4v) is 3.23. The highest BCUT2D eigenvalue weighted by Crippen LogP contribution is 2.35. The van der Waals surface area contributed by atoms with E-state index in [1.54, 1.807) is 12.1 Å². The van der Waals surface area contributed by atoms with Gasteiger partial charge in [0.2, 0.25) is 0 Å². The quantitative estimate of drug-likeness (QED) is 0.358. The first kappa shape index (κ1) is 21.7. The van der Waals surface area contributed by atoms with Gasteiger partial charge in [-0.2, -0.15) is 5.10 Å². The Morgan fingerprint density at radius 2 is 1.78 bits per heavy atom. The number of ether oxygens (including phenoxy) is 2. The van der Waals surface area contributed by atoms with Crippen molar-refractivity contribution in [3.05, 3.63) is 83.4 Å². The van der Waals surface area contributed by atoms with Crippen LogP contribution in [0.25, 0.3) is 5.69 Å². The molecule has 1 aromatic heterocycles. The molecule has 1 aliphatic carbocycles. The van der Waals surface area contributed by atoms with Gasteiger partial charge in [0.05, 0.1) is 24.1 Å². The summed E-state index contributed by atoms with van der Waals surface area (Å²) in [4.78, 5) is 11.8. The van der Waals surface area contributed by atoms with Crippen molar-refractivity contribution in [1.29, 1.82) is 0 Å². The molecule has 1 heterocycles. The molecular formula is C26H29N3O3. The van der Waals surface area contributed by atoms with Gasteiger partial charge in [-0.05, 0) is 61.2 Å². The van der Waals surface area contributed by atoms with Gasteiger partial charge in [-0.3, -0.25) is 0 Å². The largest absolute Gasteiger partial charge is 0.465 e. The number of methoxy groups -OCH3 is 1. The average molecular weight is 432 g/mol. The first-order valence-electron chi connectivity index (χ1n) is 10.9. The molecule has 0 radical (unpaired) electrons. The van der Waals surface area contributed by atoms with Crippen LogP contribution in [-0.4, -0.2) is 22.9 Å². The van der Waals surface area contributed by atoms with Crippen molar-refractivity contribution in [3.63, 3.8) is 0 Å². The molecule has 1 aliphatic rings. The van der Waals surface area contributed by atoms with Gasteiger partial charge in [0.15, 0.2) is 5.88 Å². The Kier molecular flexibility index (Phi) is 6.04. The summed E-state index contributed by atoms with van der Waals surface area (Å²) in [5, 5.41) is 8.41. The number of nitrogens with zero attached hydrogens (tertiary/aromatic N) is 2. The van der Waals surface area contributed by atoms with Crippen molar-refractivity contribution >= 4 is 11.8 Å². The van der Waals surface area contributed by atoms with Gasteiger partial charge >= 0.3 is 5.97 Å². The second kappa shape index (κ2) is 8.91. The highest BCUT2D eigenvalue weighted by Gasteiger charge is 2.26. The number of anilines is 1. The summed E-state index contributed by atoms with van der Waals surface area (Å²) in [7, 11) is 1.38. The van der Waals surface area contributed by atoms with Gasteiger partial charge in [0, 0.05) is 11.5 Å². The van der Waals surface area contributed by atoms with Crippen LogP contribution < -0.4 is 10.1 Å². The molecule has 0 spiro atoms. The van der Waals surface area contributed by atoms with E-state index in [2.05, 4.69) is 32.2 Å². The number of aromatic nitrogens is 2. The monoisotopic (exact) mass is 431 g/mol. The third-order valence-corrected chi connectivity index (χ3v) is 5.85. The van der Waals surface area contributed by atoms with E-state index in [9.17, 15) is 4.79 Å². The van der Waals surface area contributed by atoms with Gasteiger partial charge < -0.3 is 14.8 Å². The minimum absolute atomic E-state index is 0.0825. The number of benzene rings is 2. The lowest BCUT2D eigenvalue weighted by Crippen LogP contribution is -2.16. The molecule has 3 aromatic rings. The Balaban J connectivity index is 1.70. The second-order valence-corrected chi connectivity index (χ2v) is 8.58. The van der Waals surface area contributed by atoms with E-state index in [0.29, 0.717) is 5.56 Å². The van der Waals surface area contributed by atoms with Crippen molar-refractivity contribution in [2.24, 2.45) is 0 Å². The number of hydrogen-bond acceptors (Lipinski definition) is 5. The zero-order valence-corrected chi connectivity index (χ0v) is 19.0. The maximum atomic E-state index is 11.8. The number of nitrogens with one attached hydrogen (secondary N) is 1. The lowest BCUT2D eigenvalue weighted by molar-refractivity contribution is 0.0600. The average Bonchev–Trinajstić information content (AvgIpc) is 3.58. The van der Waals surface area contributed by atoms with Gasteiger partial charge in [-0.15, -0.1) is 0 Å². The van der Waals surface area contributed by atoms with Crippen LogP contribution in [0, 0.1) is 0 Å². The lowest BCUT2D eigenvalue weighted by Gasteiger charge is -2.19. The predicted molar refractivity (Wildman–Crippen MR) is 125 cm³/mol. The maximum absolute atomic E-state index is 11.8. The Morgan fingerprint density at radius 3 is 2.38 bits per heavy atom. The number of esters is 1. The second-order valence-electron chi connectivity index (χ2n) is 8.58. The minimum atomic E-state index is -0.361. The summed E-state index contributed by atoms with van der Waals surface area (Å²) < 4.78 is 12.9. The fraction of sp³-hybridized carbons (Fsp3) is 0.308. The standard InChI is InChI=1S/C26H29N3O3/c1-5-26(2,3)22-17-23(27-24(18-11-12-18)32-21-9-7-6-8-10-21)29(28-22)20-15-13-19(14-16-20)25(30)31-4/h6-10,13-17,27H,5,11-12H2,1-4H3. The maximum Gasteiger partial charge on any atom is 0.337 e. The van der Waals surface area contributed by atoms with Crippen LogP contribution in [0.1, 0.15) is 56.1 Å². The summed E-state index contributed by atoms with van der Waals surface area (Å²) in [6.45, 7) is 6.53. The number of carbonyl (C=O) groups is 1. The summed E-state index contributed by atoms with van der Waals surface area (Å²) in [5.41, 5.74) is 3.50. The van der Waals surface area contributed by atoms with Crippen LogP contribution in [0.5, 0.6) is 5.75 Å². The van der Waals surface area contributed by atoms with E-state index >= 15 is 0 Å². The highest BCUT2D eigenvalue weighted by molar-refractivity contribution is 5.89. The van der Waals surface area contributed by atoms with E-state index < -0.39 is 0 Å². The SMILES string of the molecule is CCC(C)(C)c1cc(NC(Oc2ccccc2)=C2CC2)n(-c2ccc(C(=O)OC)cc2)n1. The van der Waals surface area contributed by atoms with Crippen LogP contribution >= 0.6 is 0 Å². The number of para-hydroxylation sites is 1. The molecule has 0 aliphatic heterocycles. The van der Waals surface area contributed by atoms with Crippen molar-refractivity contribution in [2.75, 3.05) is 12.4 Å². The van der Waals surface area contributed by atoms with Gasteiger partial charge in [-0.1, -0.05) is 39.0 Å². The zero-order valence-electron chi connectivity index (χ0n) is 19.0. The molecule has 166 valence electrons. The molecular weight excluding hydrogens is 402 g/mol. The van der Waals surface area contributed by atoms with Crippen LogP contribution in [0.2, 0.25) is 0 Å². The Labute approximate surface area is 188 Å². The third kappa shape index (κ3) is 4.69. The molecule has 1 fully saturated rings. The minimum Gasteiger partial charge on any atom is -0.465 e. The Bertz CT molecular complexity index is 1120. The zero-order chi connectivity index (χ0) is 22.7. The molecule has 32 heavy (non-hydrogen) atoms. The molecule has 0 bridgehead atoms. The van der Waals surface area contributed by atoms with Crippen LogP contribution in [0.4, 0.5) is 5.82 Å². The first-order chi connectivity index (χ1) is 15.4. The number of rotatable bonds is 8. The van der Waals surface area contributed by atoms with E-state index in [-0.39, 0.29) is 11.4 Å². The van der Waals surface area contributed by atoms with Crippen LogP contribution in [0.3, 0.4) is 0 Å². The number of carbonyl (C=O) groups excluding carboxylic acids is 1. The van der Waals surface area contributed by atoms with Crippen molar-refractivity contribution in [2.45, 2.75) is 45.4 Å². The molecule has 0 saturated heterocycles. The molecule has 0 amide bonds. The molecule has 1 N–H and O–H groups in total. The van der Waals surface area contributed by atoms with Crippen molar-refractivity contribution in [1.82, 2.24) is 9.78 Å². The molecule has 6 heteroatoms. The summed E-state index contributed by atoms with van der Waals surface area (Å²) >= 11 is 0. The molecule has 2 aromatic carbocycles. The lowest BCUT2D eigenvalue weighted by atomic mass is 9.87. The summed E-state index contributed by atoms with van der Waals surface area (Å²) in [6.07, 6.45) is 2.99. The van der Waals surface area contributed by atoms with Crippen molar-refractivity contribution in [3.8, 4) is 11.4 Å². The van der Waals surface area contributed by atoms with Crippen LogP contribution in [-0.2, 0) is 10.2 Å². The van der Waals surface area contributed by atoms with Crippen LogP contribution in [0.15, 0.2) is 72.1 Å². The summed E-state index contributed by atoms with van der Waals surface area (Å²) in [6, 6.07) is 19.1. The number of allylic oxidation sites excluding steroid dienone is 1. The third-order valence-electron chi connectivity index (χ3n) is 5.85. The van der Waals surface area contributed by atoms with Gasteiger partial charge in [0.1, 0.15) is 11.6 Å². The Morgan fingerprint density at radius 1 is 1.09 bits per heavy atom. The fourth-order valence-electron chi connectivity index (χ4n) is 3.23. The van der Waals surface area contributed by atoms with E-state index in [4.69, 9.17) is 14.6 Å². The number of hydrogen-bond donors (Lipinski definition) is 1. The van der Waals surface area contributed by atoms with Crippen molar-refractivity contribution < 1.29 is 14.3 Å². The summed E-state index contributed by atoms with van der Waals surface area (Å²) in [5.74, 6) is 2.00. The molecule has 0 unspecified atom stereocenters. The van der Waals surface area contributed by atoms with Gasteiger partial charge in [-0.25, -0.2) is 9.48 Å². The first-order valence-corrected chi connectivity index (χ1v) is 10.9. The molecule has 4 rings (SSSR count). The highest BCUT2D eigenvalue weighted by atomic mass is 16.5. The van der Waals surface area contributed by atoms with E-state index in [1.165, 1.54) is 12.7 Å². The normalized spacial score (nSPS) is 12.9. The molecule has 1 saturated carbocycles. The predicted octanol–water partition coefficient (Wildman–Crippen LogP) is 5.84. The van der Waals surface area contributed by atoms with E-state index in [1.807, 2.05) is 47.1 Å².